The minimum atomic E-state index is -4.13. The first-order chi connectivity index (χ1) is 11.6. The van der Waals surface area contributed by atoms with Crippen LogP contribution in [0, 0.1) is 6.92 Å². The summed E-state index contributed by atoms with van der Waals surface area (Å²) in [6.45, 7) is 0.706. The van der Waals surface area contributed by atoms with Gasteiger partial charge in [0.2, 0.25) is 10.0 Å². The van der Waals surface area contributed by atoms with E-state index in [4.69, 9.17) is 9.84 Å². The molecule has 1 aromatic carbocycles. The molecule has 0 aromatic heterocycles. The van der Waals surface area contributed by atoms with E-state index in [0.717, 1.165) is 4.31 Å². The van der Waals surface area contributed by atoms with E-state index in [1.54, 1.807) is 13.0 Å². The molecule has 2 N–H and O–H groups in total. The van der Waals surface area contributed by atoms with Crippen molar-refractivity contribution in [2.75, 3.05) is 31.8 Å². The number of benzene rings is 1. The fourth-order valence-electron chi connectivity index (χ4n) is 2.82. The Morgan fingerprint density at radius 1 is 1.40 bits per heavy atom. The molecule has 8 nitrogen and oxygen atoms in total. The van der Waals surface area contributed by atoms with Crippen molar-refractivity contribution in [2.45, 2.75) is 30.4 Å². The first-order valence-electron chi connectivity index (χ1n) is 7.76. The van der Waals surface area contributed by atoms with Crippen molar-refractivity contribution >= 4 is 19.9 Å². The normalized spacial score (nSPS) is 21.4. The van der Waals surface area contributed by atoms with Crippen LogP contribution < -0.4 is 4.74 Å². The second kappa shape index (κ2) is 7.58. The Balaban J connectivity index is 2.50. The van der Waals surface area contributed by atoms with Gasteiger partial charge in [-0.15, -0.1) is 0 Å². The summed E-state index contributed by atoms with van der Waals surface area (Å²) < 4.78 is 56.0. The van der Waals surface area contributed by atoms with Gasteiger partial charge in [0.1, 0.15) is 10.6 Å². The molecule has 0 bridgehead atoms. The maximum absolute atomic E-state index is 13.2. The number of sulfonamides is 1. The van der Waals surface area contributed by atoms with Gasteiger partial charge < -0.3 is 14.9 Å². The molecule has 1 aliphatic rings. The highest BCUT2D eigenvalue weighted by atomic mass is 32.2. The highest BCUT2D eigenvalue weighted by Crippen LogP contribution is 2.31. The number of ether oxygens (including phenoxy) is 1. The van der Waals surface area contributed by atoms with Crippen molar-refractivity contribution in [3.8, 4) is 5.75 Å². The number of nitrogens with zero attached hydrogens (tertiary/aromatic N) is 1. The molecule has 142 valence electrons. The van der Waals surface area contributed by atoms with Crippen molar-refractivity contribution in [2.24, 2.45) is 0 Å². The molecule has 0 radical (unpaired) electrons. The van der Waals surface area contributed by atoms with Crippen molar-refractivity contribution in [1.29, 1.82) is 0 Å². The molecule has 1 aliphatic heterocycles. The van der Waals surface area contributed by atoms with Gasteiger partial charge in [0.15, 0.2) is 9.84 Å². The lowest BCUT2D eigenvalue weighted by molar-refractivity contribution is 0.0729. The van der Waals surface area contributed by atoms with E-state index >= 15 is 0 Å². The zero-order valence-corrected chi connectivity index (χ0v) is 15.8. The third-order valence-electron chi connectivity index (χ3n) is 4.12. The van der Waals surface area contributed by atoms with Gasteiger partial charge in [-0.1, -0.05) is 6.07 Å². The Kier molecular flexibility index (Phi) is 6.10. The summed E-state index contributed by atoms with van der Waals surface area (Å²) in [6.07, 6.45) is -1.16. The average Bonchev–Trinajstić information content (AvgIpc) is 2.91. The fraction of sp³-hybridized carbons (Fsp3) is 0.600. The number of aliphatic hydroxyl groups excluding tert-OH is 2. The predicted octanol–water partition coefficient (Wildman–Crippen LogP) is -0.465. The Morgan fingerprint density at radius 3 is 2.60 bits per heavy atom. The summed E-state index contributed by atoms with van der Waals surface area (Å²) in [6, 6.07) is 3.87. The van der Waals surface area contributed by atoms with Crippen LogP contribution in [0.25, 0.3) is 0 Å². The number of aliphatic hydroxyl groups is 2. The Morgan fingerprint density at radius 2 is 2.08 bits per heavy atom. The van der Waals surface area contributed by atoms with Gasteiger partial charge in [-0.05, 0) is 31.0 Å². The molecule has 25 heavy (non-hydrogen) atoms. The van der Waals surface area contributed by atoms with Gasteiger partial charge in [0, 0.05) is 12.6 Å². The second-order valence-electron chi connectivity index (χ2n) is 6.12. The fourth-order valence-corrected chi connectivity index (χ4v) is 6.58. The van der Waals surface area contributed by atoms with E-state index in [0.29, 0.717) is 5.56 Å². The SMILES string of the molecule is COc1ccc(C)cc1S(=O)(=O)N(C[C@@H](O)CO)[C@H]1CCS(=O)(=O)C1. The number of rotatable bonds is 7. The zero-order chi connectivity index (χ0) is 18.8. The topological polar surface area (TPSA) is 121 Å². The monoisotopic (exact) mass is 393 g/mol. The lowest BCUT2D eigenvalue weighted by Crippen LogP contribution is -2.46. The highest BCUT2D eigenvalue weighted by Gasteiger charge is 2.40. The van der Waals surface area contributed by atoms with Crippen LogP contribution >= 0.6 is 0 Å². The highest BCUT2D eigenvalue weighted by molar-refractivity contribution is 7.92. The maximum Gasteiger partial charge on any atom is 0.247 e. The third kappa shape index (κ3) is 4.50. The summed E-state index contributed by atoms with van der Waals surface area (Å²) in [4.78, 5) is -0.0931. The van der Waals surface area contributed by atoms with Crippen LogP contribution in [0.15, 0.2) is 23.1 Å². The molecule has 0 saturated carbocycles. The minimum Gasteiger partial charge on any atom is -0.495 e. The van der Waals surface area contributed by atoms with Crippen LogP contribution in [0.4, 0.5) is 0 Å². The summed E-state index contributed by atoms with van der Waals surface area (Å²) >= 11 is 0. The molecular formula is C15H23NO7S2. The van der Waals surface area contributed by atoms with E-state index in [-0.39, 0.29) is 28.6 Å². The van der Waals surface area contributed by atoms with Crippen molar-refractivity contribution in [1.82, 2.24) is 4.31 Å². The average molecular weight is 393 g/mol. The second-order valence-corrected chi connectivity index (χ2v) is 10.2. The van der Waals surface area contributed by atoms with Crippen LogP contribution in [-0.2, 0) is 19.9 Å². The third-order valence-corrected chi connectivity index (χ3v) is 7.81. The molecule has 1 saturated heterocycles. The molecule has 1 aromatic rings. The molecule has 0 aliphatic carbocycles. The van der Waals surface area contributed by atoms with E-state index in [1.165, 1.54) is 19.2 Å². The number of methoxy groups -OCH3 is 1. The molecular weight excluding hydrogens is 370 g/mol. The van der Waals surface area contributed by atoms with Crippen molar-refractivity contribution in [3.63, 3.8) is 0 Å². The van der Waals surface area contributed by atoms with Gasteiger partial charge in [0.05, 0.1) is 31.3 Å². The number of aryl methyl sites for hydroxylation is 1. The van der Waals surface area contributed by atoms with Crippen LogP contribution in [0.2, 0.25) is 0 Å². The van der Waals surface area contributed by atoms with E-state index in [9.17, 15) is 21.9 Å². The summed E-state index contributed by atoms with van der Waals surface area (Å²) in [5, 5.41) is 18.9. The largest absolute Gasteiger partial charge is 0.495 e. The molecule has 2 atom stereocenters. The lowest BCUT2D eigenvalue weighted by atomic mass is 10.2. The smallest absolute Gasteiger partial charge is 0.247 e. The summed E-state index contributed by atoms with van der Waals surface area (Å²) in [5.41, 5.74) is 0.695. The van der Waals surface area contributed by atoms with Gasteiger partial charge in [0.25, 0.3) is 0 Å². The van der Waals surface area contributed by atoms with Crippen molar-refractivity contribution in [3.05, 3.63) is 23.8 Å². The minimum absolute atomic E-state index is 0.0931. The van der Waals surface area contributed by atoms with Gasteiger partial charge >= 0.3 is 0 Å². The molecule has 0 amide bonds. The number of sulfone groups is 1. The van der Waals surface area contributed by atoms with Gasteiger partial charge in [-0.2, -0.15) is 4.31 Å². The Labute approximate surface area is 148 Å². The van der Waals surface area contributed by atoms with Gasteiger partial charge in [-0.3, -0.25) is 0 Å². The Bertz CT molecular complexity index is 820. The quantitative estimate of drug-likeness (QED) is 0.642. The summed E-state index contributed by atoms with van der Waals surface area (Å²) in [5.74, 6) is -0.280. The van der Waals surface area contributed by atoms with E-state index in [2.05, 4.69) is 0 Å². The molecule has 1 heterocycles. The Hall–Kier alpha value is -1.20. The maximum atomic E-state index is 13.2. The summed E-state index contributed by atoms with van der Waals surface area (Å²) in [7, 11) is -6.12. The lowest BCUT2D eigenvalue weighted by Gasteiger charge is -2.29. The first-order valence-corrected chi connectivity index (χ1v) is 11.0. The van der Waals surface area contributed by atoms with Crippen LogP contribution in [0.5, 0.6) is 5.75 Å². The van der Waals surface area contributed by atoms with Crippen molar-refractivity contribution < 1.29 is 31.8 Å². The van der Waals surface area contributed by atoms with E-state index < -0.39 is 45.2 Å². The predicted molar refractivity (Wildman–Crippen MR) is 91.8 cm³/mol. The molecule has 0 unspecified atom stereocenters. The van der Waals surface area contributed by atoms with E-state index in [1.807, 2.05) is 0 Å². The molecule has 2 rings (SSSR count). The van der Waals surface area contributed by atoms with Crippen LogP contribution in [0.3, 0.4) is 0 Å². The molecule has 0 spiro atoms. The number of hydrogen-bond acceptors (Lipinski definition) is 7. The van der Waals surface area contributed by atoms with Crippen LogP contribution in [-0.4, -0.2) is 75.3 Å². The standard InChI is InChI=1S/C15H23NO7S2/c1-11-3-4-14(23-2)15(7-11)25(21,22)16(8-13(18)9-17)12-5-6-24(19,20)10-12/h3-4,7,12-13,17-18H,5-6,8-10H2,1-2H3/t12-,13+/m0/s1. The number of hydrogen-bond donors (Lipinski definition) is 2. The molecule has 10 heteroatoms. The zero-order valence-electron chi connectivity index (χ0n) is 14.1. The van der Waals surface area contributed by atoms with Crippen LogP contribution in [0.1, 0.15) is 12.0 Å². The molecule has 1 fully saturated rings. The van der Waals surface area contributed by atoms with Gasteiger partial charge in [-0.25, -0.2) is 16.8 Å². The first kappa shape index (κ1) is 20.1.